The van der Waals surface area contributed by atoms with Crippen LogP contribution < -0.4 is 5.32 Å². The van der Waals surface area contributed by atoms with Crippen LogP contribution in [0.4, 0.5) is 5.69 Å². The van der Waals surface area contributed by atoms with Crippen molar-refractivity contribution in [3.8, 4) is 0 Å². The molecule has 1 N–H and O–H groups in total. The van der Waals surface area contributed by atoms with Crippen molar-refractivity contribution >= 4 is 45.7 Å². The zero-order valence-corrected chi connectivity index (χ0v) is 12.1. The summed E-state index contributed by atoms with van der Waals surface area (Å²) in [6, 6.07) is 15.0. The van der Waals surface area contributed by atoms with Crippen LogP contribution in [0.2, 0.25) is 5.02 Å². The first kappa shape index (κ1) is 13.0. The number of hydrogen-bond donors (Lipinski definition) is 1. The van der Waals surface area contributed by atoms with Gasteiger partial charge in [0.25, 0.3) is 5.91 Å². The highest BCUT2D eigenvalue weighted by Gasteiger charge is 2.24. The van der Waals surface area contributed by atoms with Gasteiger partial charge in [0.1, 0.15) is 5.69 Å². The maximum Gasteiger partial charge on any atom is 0.256 e. The van der Waals surface area contributed by atoms with Crippen molar-refractivity contribution in [3.63, 3.8) is 0 Å². The molecule has 0 saturated carbocycles. The lowest BCUT2D eigenvalue weighted by Crippen LogP contribution is -2.04. The normalized spacial score (nSPS) is 15.1. The third-order valence-electron chi connectivity index (χ3n) is 3.62. The molecular weight excluding hydrogens is 298 g/mol. The van der Waals surface area contributed by atoms with E-state index < -0.39 is 0 Å². The maximum absolute atomic E-state index is 12.1. The molecule has 0 fully saturated rings. The van der Waals surface area contributed by atoms with E-state index in [1.54, 1.807) is 6.08 Å². The second-order valence-corrected chi connectivity index (χ2v) is 5.35. The van der Waals surface area contributed by atoms with Crippen LogP contribution in [0, 0.1) is 0 Å². The molecule has 2 heterocycles. The summed E-state index contributed by atoms with van der Waals surface area (Å²) in [5, 5.41) is 12.4. The van der Waals surface area contributed by atoms with E-state index >= 15 is 0 Å². The highest BCUT2D eigenvalue weighted by atomic mass is 35.5. The fraction of sp³-hybridized carbons (Fsp3) is 0. The smallest absolute Gasteiger partial charge is 0.256 e. The van der Waals surface area contributed by atoms with E-state index in [2.05, 4.69) is 15.5 Å². The minimum absolute atomic E-state index is 0.160. The lowest BCUT2D eigenvalue weighted by Gasteiger charge is -2.03. The first-order chi connectivity index (χ1) is 10.7. The van der Waals surface area contributed by atoms with Gasteiger partial charge in [-0.3, -0.25) is 4.79 Å². The average molecular weight is 308 g/mol. The zero-order valence-electron chi connectivity index (χ0n) is 11.4. The van der Waals surface area contributed by atoms with Gasteiger partial charge >= 0.3 is 0 Å². The Labute approximate surface area is 131 Å². The van der Waals surface area contributed by atoms with Crippen molar-refractivity contribution in [2.24, 2.45) is 0 Å². The summed E-state index contributed by atoms with van der Waals surface area (Å²) in [6.07, 6.45) is 1.68. The van der Waals surface area contributed by atoms with Crippen LogP contribution in [-0.4, -0.2) is 16.1 Å². The number of hydrogen-bond acceptors (Lipinski definition) is 3. The number of amides is 1. The van der Waals surface area contributed by atoms with Crippen LogP contribution >= 0.6 is 11.6 Å². The van der Waals surface area contributed by atoms with Crippen molar-refractivity contribution in [1.82, 2.24) is 10.2 Å². The Kier molecular flexibility index (Phi) is 2.91. The molecule has 3 aromatic rings. The van der Waals surface area contributed by atoms with Crippen LogP contribution in [0.15, 0.2) is 48.5 Å². The fourth-order valence-corrected chi connectivity index (χ4v) is 2.80. The standard InChI is InChI=1S/C17H10ClN3O/c18-16-11-6-2-4-8-14(11)20-21-15(16)9-12-10-5-1-3-7-13(10)19-17(12)22/h1-9H,(H,19,22)/b12-9+. The van der Waals surface area contributed by atoms with Crippen LogP contribution in [0.25, 0.3) is 22.6 Å². The number of rotatable bonds is 1. The molecule has 0 unspecified atom stereocenters. The molecule has 106 valence electrons. The molecule has 1 aromatic heterocycles. The van der Waals surface area contributed by atoms with Crippen molar-refractivity contribution in [3.05, 3.63) is 64.8 Å². The quantitative estimate of drug-likeness (QED) is 0.696. The Morgan fingerprint density at radius 2 is 1.77 bits per heavy atom. The summed E-state index contributed by atoms with van der Waals surface area (Å²) < 4.78 is 0. The predicted molar refractivity (Wildman–Crippen MR) is 87.5 cm³/mol. The number of carbonyl (C=O) groups excluding carboxylic acids is 1. The van der Waals surface area contributed by atoms with Gasteiger partial charge < -0.3 is 5.32 Å². The molecule has 0 bridgehead atoms. The van der Waals surface area contributed by atoms with Gasteiger partial charge in [0, 0.05) is 16.6 Å². The third-order valence-corrected chi connectivity index (χ3v) is 4.02. The minimum Gasteiger partial charge on any atom is -0.321 e. The number of nitrogens with zero attached hydrogens (tertiary/aromatic N) is 2. The van der Waals surface area contributed by atoms with E-state index in [0.717, 1.165) is 22.2 Å². The summed E-state index contributed by atoms with van der Waals surface area (Å²) in [5.74, 6) is -0.160. The second kappa shape index (κ2) is 4.93. The van der Waals surface area contributed by atoms with Crippen LogP contribution in [-0.2, 0) is 4.79 Å². The van der Waals surface area contributed by atoms with Crippen molar-refractivity contribution < 1.29 is 4.79 Å². The predicted octanol–water partition coefficient (Wildman–Crippen LogP) is 3.78. The van der Waals surface area contributed by atoms with Crippen molar-refractivity contribution in [2.45, 2.75) is 0 Å². The van der Waals surface area contributed by atoms with Gasteiger partial charge in [-0.2, -0.15) is 0 Å². The Hall–Kier alpha value is -2.72. The molecule has 1 aliphatic heterocycles. The monoisotopic (exact) mass is 307 g/mol. The lowest BCUT2D eigenvalue weighted by molar-refractivity contribution is -0.110. The molecule has 0 atom stereocenters. The van der Waals surface area contributed by atoms with E-state index in [4.69, 9.17) is 11.6 Å². The largest absolute Gasteiger partial charge is 0.321 e. The molecule has 4 nitrogen and oxygen atoms in total. The minimum atomic E-state index is -0.160. The number of carbonyl (C=O) groups is 1. The van der Waals surface area contributed by atoms with Gasteiger partial charge in [-0.15, -0.1) is 10.2 Å². The van der Waals surface area contributed by atoms with Crippen molar-refractivity contribution in [1.29, 1.82) is 0 Å². The highest BCUT2D eigenvalue weighted by Crippen LogP contribution is 2.34. The number of fused-ring (bicyclic) bond motifs is 2. The van der Waals surface area contributed by atoms with E-state index in [1.807, 2.05) is 48.5 Å². The maximum atomic E-state index is 12.1. The Morgan fingerprint density at radius 1 is 1.00 bits per heavy atom. The number of para-hydroxylation sites is 1. The molecule has 0 radical (unpaired) electrons. The molecule has 0 spiro atoms. The Balaban J connectivity index is 1.90. The summed E-state index contributed by atoms with van der Waals surface area (Å²) in [6.45, 7) is 0. The lowest BCUT2D eigenvalue weighted by atomic mass is 10.1. The highest BCUT2D eigenvalue weighted by molar-refractivity contribution is 6.39. The summed E-state index contributed by atoms with van der Waals surface area (Å²) in [7, 11) is 0. The van der Waals surface area contributed by atoms with Crippen LogP contribution in [0.1, 0.15) is 11.3 Å². The van der Waals surface area contributed by atoms with E-state index in [1.165, 1.54) is 0 Å². The topological polar surface area (TPSA) is 54.9 Å². The molecule has 2 aromatic carbocycles. The molecule has 1 amide bonds. The van der Waals surface area contributed by atoms with Gasteiger partial charge in [-0.05, 0) is 18.2 Å². The molecular formula is C17H10ClN3O. The molecule has 5 heteroatoms. The number of anilines is 1. The molecule has 4 rings (SSSR count). The van der Waals surface area contributed by atoms with Crippen LogP contribution in [0.5, 0.6) is 0 Å². The molecule has 0 saturated heterocycles. The van der Waals surface area contributed by atoms with Gasteiger partial charge in [-0.1, -0.05) is 48.0 Å². The molecule has 1 aliphatic rings. The SMILES string of the molecule is O=C1Nc2ccccc2/C1=C\c1nnc2ccccc2c1Cl. The van der Waals surface area contributed by atoms with Gasteiger partial charge in [0.05, 0.1) is 16.1 Å². The fourth-order valence-electron chi connectivity index (χ4n) is 2.55. The molecule has 22 heavy (non-hydrogen) atoms. The Morgan fingerprint density at radius 3 is 2.68 bits per heavy atom. The second-order valence-electron chi connectivity index (χ2n) is 4.97. The number of nitrogens with one attached hydrogen (secondary N) is 1. The number of benzene rings is 2. The molecule has 0 aliphatic carbocycles. The Bertz CT molecular complexity index is 950. The van der Waals surface area contributed by atoms with E-state index in [9.17, 15) is 4.79 Å². The van der Waals surface area contributed by atoms with Crippen LogP contribution in [0.3, 0.4) is 0 Å². The van der Waals surface area contributed by atoms with Gasteiger partial charge in [-0.25, -0.2) is 0 Å². The zero-order chi connectivity index (χ0) is 15.1. The first-order valence-corrected chi connectivity index (χ1v) is 7.15. The first-order valence-electron chi connectivity index (χ1n) is 6.77. The summed E-state index contributed by atoms with van der Waals surface area (Å²) in [5.41, 5.74) is 3.40. The number of aromatic nitrogens is 2. The van der Waals surface area contributed by atoms with Crippen molar-refractivity contribution in [2.75, 3.05) is 5.32 Å². The third kappa shape index (κ3) is 1.96. The summed E-state index contributed by atoms with van der Waals surface area (Å²) in [4.78, 5) is 12.1. The van der Waals surface area contributed by atoms with Gasteiger partial charge in [0.2, 0.25) is 0 Å². The average Bonchev–Trinajstić information content (AvgIpc) is 2.86. The van der Waals surface area contributed by atoms with Gasteiger partial charge in [0.15, 0.2) is 0 Å². The van der Waals surface area contributed by atoms with E-state index in [0.29, 0.717) is 16.3 Å². The summed E-state index contributed by atoms with van der Waals surface area (Å²) >= 11 is 6.42. The number of halogens is 1. The van der Waals surface area contributed by atoms with E-state index in [-0.39, 0.29) is 5.91 Å².